The Balaban J connectivity index is 1.23. The van der Waals surface area contributed by atoms with Gasteiger partial charge in [-0.25, -0.2) is 18.2 Å². The maximum Gasteiger partial charge on any atom is 0.408 e. The number of hydrogen-bond acceptors (Lipinski definition) is 9. The number of nitrogens with one attached hydrogen (secondary N) is 3. The van der Waals surface area contributed by atoms with Crippen LogP contribution in [0.2, 0.25) is 0 Å². The van der Waals surface area contributed by atoms with Crippen molar-refractivity contribution in [1.29, 1.82) is 0 Å². The summed E-state index contributed by atoms with van der Waals surface area (Å²) in [4.78, 5) is 62.1. The van der Waals surface area contributed by atoms with E-state index in [-0.39, 0.29) is 19.4 Å². The smallest absolute Gasteiger partial charge is 0.408 e. The van der Waals surface area contributed by atoms with Crippen LogP contribution < -0.4 is 20.1 Å². The molecule has 0 bridgehead atoms. The van der Waals surface area contributed by atoms with Crippen molar-refractivity contribution in [2.24, 2.45) is 5.92 Å². The van der Waals surface area contributed by atoms with Gasteiger partial charge in [0.2, 0.25) is 21.8 Å². The lowest BCUT2D eigenvalue weighted by molar-refractivity contribution is -0.141. The van der Waals surface area contributed by atoms with Crippen molar-refractivity contribution in [2.75, 3.05) is 6.54 Å². The first kappa shape index (κ1) is 36.2. The summed E-state index contributed by atoms with van der Waals surface area (Å²) in [6, 6.07) is 5.84. The zero-order valence-corrected chi connectivity index (χ0v) is 31.1. The molecule has 1 spiro atoms. The lowest BCUT2D eigenvalue weighted by Crippen LogP contribution is -2.58. The van der Waals surface area contributed by atoms with Gasteiger partial charge in [0.15, 0.2) is 0 Å². The lowest BCUT2D eigenvalue weighted by Gasteiger charge is -2.36. The third-order valence-corrected chi connectivity index (χ3v) is 13.7. The maximum absolute atomic E-state index is 14.6. The van der Waals surface area contributed by atoms with Crippen LogP contribution >= 0.6 is 0 Å². The van der Waals surface area contributed by atoms with Gasteiger partial charge in [0.05, 0.1) is 28.6 Å². The van der Waals surface area contributed by atoms with Crippen LogP contribution in [-0.4, -0.2) is 82.7 Å². The first-order valence-electron chi connectivity index (χ1n) is 18.6. The van der Waals surface area contributed by atoms with Crippen molar-refractivity contribution >= 4 is 44.7 Å². The number of sulfonamides is 1. The Labute approximate surface area is 304 Å². The summed E-state index contributed by atoms with van der Waals surface area (Å²) < 4.78 is 39.8. The standard InChI is InChI=1S/C38H49N5O8S/c1-23(2)50-35(47)40-29-15-9-7-5-6-8-12-25-20-38(25,34(46)42-52(48,49)36(4)18-19-36)41-32(44)30-21-37(22-43(30)33(29)45)17-16-27-26-13-10-11-14-28(26)39-24(3)31(27)51-37/h8,10-14,23,25,29-30H,5-7,9,15-22H2,1-4H3,(H,40,47)(H,41,44)(H,42,46)/b12-8-/t25-,29+,30+,37-,38?/m1/s1. The van der Waals surface area contributed by atoms with E-state index in [0.717, 1.165) is 29.3 Å². The fourth-order valence-corrected chi connectivity index (χ4v) is 9.34. The fourth-order valence-electron chi connectivity index (χ4n) is 8.03. The van der Waals surface area contributed by atoms with Crippen LogP contribution in [0.3, 0.4) is 0 Å². The van der Waals surface area contributed by atoms with Crippen molar-refractivity contribution in [2.45, 2.75) is 132 Å². The van der Waals surface area contributed by atoms with Crippen LogP contribution in [0.25, 0.3) is 10.9 Å². The van der Waals surface area contributed by atoms with Gasteiger partial charge in [0.25, 0.3) is 5.91 Å². The average molecular weight is 736 g/mol. The summed E-state index contributed by atoms with van der Waals surface area (Å²) in [5.74, 6) is -1.57. The zero-order valence-electron chi connectivity index (χ0n) is 30.3. The van der Waals surface area contributed by atoms with Crippen LogP contribution in [0.1, 0.15) is 96.2 Å². The molecule has 7 rings (SSSR count). The van der Waals surface area contributed by atoms with E-state index in [0.29, 0.717) is 56.4 Å². The molecule has 280 valence electrons. The topological polar surface area (TPSA) is 173 Å². The third-order valence-electron chi connectivity index (χ3n) is 11.5. The minimum absolute atomic E-state index is 0.0717. The van der Waals surface area contributed by atoms with E-state index in [9.17, 15) is 27.6 Å². The molecule has 2 aliphatic carbocycles. The lowest BCUT2D eigenvalue weighted by atomic mass is 9.87. The van der Waals surface area contributed by atoms with Gasteiger partial charge in [-0.3, -0.25) is 19.1 Å². The number of allylic oxidation sites excluding steroid dienone is 1. The van der Waals surface area contributed by atoms with E-state index in [2.05, 4.69) is 15.4 Å². The van der Waals surface area contributed by atoms with Crippen molar-refractivity contribution in [3.8, 4) is 5.75 Å². The van der Waals surface area contributed by atoms with Crippen molar-refractivity contribution < 1.29 is 37.1 Å². The number of nitrogens with zero attached hydrogens (tertiary/aromatic N) is 2. The van der Waals surface area contributed by atoms with Crippen LogP contribution in [-0.2, 0) is 35.6 Å². The molecule has 14 heteroatoms. The van der Waals surface area contributed by atoms with Gasteiger partial charge in [-0.2, -0.15) is 0 Å². The second kappa shape index (κ2) is 13.3. The molecule has 4 heterocycles. The number of rotatable bonds is 5. The highest BCUT2D eigenvalue weighted by molar-refractivity contribution is 7.91. The van der Waals surface area contributed by atoms with E-state index in [1.54, 1.807) is 20.8 Å². The number of hydrogen-bond donors (Lipinski definition) is 3. The molecule has 1 saturated heterocycles. The summed E-state index contributed by atoms with van der Waals surface area (Å²) in [5, 5.41) is 6.70. The average Bonchev–Trinajstić information content (AvgIpc) is 3.98. The summed E-state index contributed by atoms with van der Waals surface area (Å²) in [6.45, 7) is 7.01. The van der Waals surface area contributed by atoms with Crippen LogP contribution in [0.5, 0.6) is 5.75 Å². The van der Waals surface area contributed by atoms with Crippen molar-refractivity contribution in [1.82, 2.24) is 25.2 Å². The van der Waals surface area contributed by atoms with Crippen LogP contribution in [0, 0.1) is 12.8 Å². The normalized spacial score (nSPS) is 30.5. The van der Waals surface area contributed by atoms with Gasteiger partial charge in [-0.05, 0) is 85.1 Å². The molecule has 5 aliphatic rings. The number of aromatic nitrogens is 1. The third kappa shape index (κ3) is 6.74. The summed E-state index contributed by atoms with van der Waals surface area (Å²) in [6.07, 6.45) is 8.44. The Morgan fingerprint density at radius 1 is 1.10 bits per heavy atom. The largest absolute Gasteiger partial charge is 0.483 e. The molecule has 4 amide bonds. The number of carbonyl (C=O) groups is 4. The Bertz CT molecular complexity index is 1940. The number of benzene rings is 1. The summed E-state index contributed by atoms with van der Waals surface area (Å²) >= 11 is 0. The predicted molar refractivity (Wildman–Crippen MR) is 193 cm³/mol. The van der Waals surface area contributed by atoms with E-state index in [1.807, 2.05) is 43.3 Å². The monoisotopic (exact) mass is 735 g/mol. The molecule has 2 aromatic rings. The van der Waals surface area contributed by atoms with Crippen LogP contribution in [0.4, 0.5) is 4.79 Å². The Morgan fingerprint density at radius 2 is 1.87 bits per heavy atom. The minimum Gasteiger partial charge on any atom is -0.483 e. The second-order valence-electron chi connectivity index (χ2n) is 15.9. The van der Waals surface area contributed by atoms with Gasteiger partial charge in [0.1, 0.15) is 29.0 Å². The summed E-state index contributed by atoms with van der Waals surface area (Å²) in [5.41, 5.74) is 0.158. The van der Waals surface area contributed by atoms with Gasteiger partial charge < -0.3 is 25.0 Å². The molecule has 3 fully saturated rings. The van der Waals surface area contributed by atoms with Crippen molar-refractivity contribution in [3.05, 3.63) is 47.7 Å². The van der Waals surface area contributed by atoms with Crippen LogP contribution in [0.15, 0.2) is 36.4 Å². The SMILES string of the molecule is Cc1nc2ccccc2c2c1O[C@]1(CC2)C[C@H]2C(=O)NC3(C(=O)NS(=O)(=O)C4(C)CC4)C[C@H]3/C=C\CCCCC[C@H](NC(=O)OC(C)C)C(=O)N2C1. The van der Waals surface area contributed by atoms with Gasteiger partial charge in [0, 0.05) is 23.3 Å². The number of pyridine rings is 1. The van der Waals surface area contributed by atoms with Crippen molar-refractivity contribution in [3.63, 3.8) is 0 Å². The van der Waals surface area contributed by atoms with Gasteiger partial charge in [-0.1, -0.05) is 43.2 Å². The van der Waals surface area contributed by atoms with Gasteiger partial charge >= 0.3 is 6.09 Å². The highest BCUT2D eigenvalue weighted by atomic mass is 32.2. The second-order valence-corrected chi connectivity index (χ2v) is 18.1. The Morgan fingerprint density at radius 3 is 2.62 bits per heavy atom. The fraction of sp³-hybridized carbons (Fsp3) is 0.605. The van der Waals surface area contributed by atoms with Gasteiger partial charge in [-0.15, -0.1) is 0 Å². The highest BCUT2D eigenvalue weighted by Gasteiger charge is 2.64. The number of aryl methyl sites for hydroxylation is 2. The molecule has 13 nitrogen and oxygen atoms in total. The maximum atomic E-state index is 14.6. The highest BCUT2D eigenvalue weighted by Crippen LogP contribution is 2.49. The predicted octanol–water partition coefficient (Wildman–Crippen LogP) is 4.10. The number of amides is 4. The molecule has 3 N–H and O–H groups in total. The molecule has 52 heavy (non-hydrogen) atoms. The van der Waals surface area contributed by atoms with E-state index in [4.69, 9.17) is 14.5 Å². The number of carbonyl (C=O) groups excluding carboxylic acids is 4. The number of alkyl carbamates (subject to hydrolysis) is 1. The first-order valence-corrected chi connectivity index (χ1v) is 20.0. The molecular weight excluding hydrogens is 687 g/mol. The Hall–Kier alpha value is -4.20. The molecule has 1 aromatic heterocycles. The van der Waals surface area contributed by atoms with E-state index < -0.39 is 73.8 Å². The molecule has 0 radical (unpaired) electrons. The molecule has 5 atom stereocenters. The minimum atomic E-state index is -3.97. The molecule has 2 saturated carbocycles. The molecule has 3 aliphatic heterocycles. The number of fused-ring (bicyclic) bond motifs is 5. The molecular formula is C38H49N5O8S. The zero-order chi connectivity index (χ0) is 37.1. The number of ether oxygens (including phenoxy) is 2. The molecule has 1 unspecified atom stereocenters. The summed E-state index contributed by atoms with van der Waals surface area (Å²) in [7, 11) is -3.97. The first-order chi connectivity index (χ1) is 24.7. The van der Waals surface area contributed by atoms with E-state index >= 15 is 0 Å². The number of para-hydroxylation sites is 1. The van der Waals surface area contributed by atoms with E-state index in [1.165, 1.54) is 4.90 Å². The molecule has 1 aromatic carbocycles. The quantitative estimate of drug-likeness (QED) is 0.382. The Kier molecular flexibility index (Phi) is 9.28.